The molecule has 1 rings (SSSR count). The summed E-state index contributed by atoms with van der Waals surface area (Å²) >= 11 is 0. The fourth-order valence-electron chi connectivity index (χ4n) is 0.762. The number of pyridine rings is 1. The molecule has 1 heterocycles. The van der Waals surface area contributed by atoms with E-state index in [9.17, 15) is 4.79 Å². The first-order chi connectivity index (χ1) is 5.83. The maximum absolute atomic E-state index is 10.7. The molecule has 4 nitrogen and oxygen atoms in total. The van der Waals surface area contributed by atoms with Gasteiger partial charge in [0.25, 0.3) is 0 Å². The second-order valence-corrected chi connectivity index (χ2v) is 2.25. The van der Waals surface area contributed by atoms with Crippen LogP contribution in [0, 0.1) is 0 Å². The number of hydrogen-bond acceptors (Lipinski definition) is 2. The first kappa shape index (κ1) is 8.52. The number of nitrogens with one attached hydrogen (secondary N) is 2. The Bertz CT molecular complexity index is 248. The normalized spacial score (nSPS) is 9.08. The number of hydrogen-bond donors (Lipinski definition) is 2. The quantitative estimate of drug-likeness (QED) is 0.671. The lowest BCUT2D eigenvalue weighted by Crippen LogP contribution is -2.32. The average molecular weight is 165 g/mol. The van der Waals surface area contributed by atoms with Crippen LogP contribution < -0.4 is 10.6 Å². The maximum atomic E-state index is 10.7. The zero-order valence-corrected chi connectivity index (χ0v) is 6.87. The third-order valence-electron chi connectivity index (χ3n) is 1.38. The van der Waals surface area contributed by atoms with E-state index in [2.05, 4.69) is 15.6 Å². The first-order valence-corrected chi connectivity index (χ1v) is 3.68. The van der Waals surface area contributed by atoms with Gasteiger partial charge in [-0.3, -0.25) is 4.98 Å². The topological polar surface area (TPSA) is 54.0 Å². The standard InChI is InChI=1S/C8H11N3O/c1-9-8(12)11-6-7-4-2-3-5-10-7/h2-5H,6H2,1H3,(H2,9,11,12). The second kappa shape index (κ2) is 4.33. The Labute approximate surface area is 71.0 Å². The molecule has 1 aromatic heterocycles. The highest BCUT2D eigenvalue weighted by molar-refractivity contribution is 5.73. The smallest absolute Gasteiger partial charge is 0.314 e. The molecule has 0 radical (unpaired) electrons. The number of carbonyl (C=O) groups excluding carboxylic acids is 1. The third-order valence-corrected chi connectivity index (χ3v) is 1.38. The van der Waals surface area contributed by atoms with Gasteiger partial charge in [0.15, 0.2) is 0 Å². The summed E-state index contributed by atoms with van der Waals surface area (Å²) < 4.78 is 0. The van der Waals surface area contributed by atoms with Crippen molar-refractivity contribution in [1.29, 1.82) is 0 Å². The predicted octanol–water partition coefficient (Wildman–Crippen LogP) is 0.511. The minimum Gasteiger partial charge on any atom is -0.341 e. The van der Waals surface area contributed by atoms with E-state index in [1.165, 1.54) is 0 Å². The van der Waals surface area contributed by atoms with Gasteiger partial charge in [0, 0.05) is 13.2 Å². The van der Waals surface area contributed by atoms with Gasteiger partial charge >= 0.3 is 6.03 Å². The van der Waals surface area contributed by atoms with Gasteiger partial charge in [0.2, 0.25) is 0 Å². The summed E-state index contributed by atoms with van der Waals surface area (Å²) in [5, 5.41) is 5.09. The first-order valence-electron chi connectivity index (χ1n) is 3.68. The number of nitrogens with zero attached hydrogens (tertiary/aromatic N) is 1. The molecule has 12 heavy (non-hydrogen) atoms. The summed E-state index contributed by atoms with van der Waals surface area (Å²) in [5.74, 6) is 0. The Morgan fingerprint density at radius 2 is 2.42 bits per heavy atom. The van der Waals surface area contributed by atoms with Crippen molar-refractivity contribution in [1.82, 2.24) is 15.6 Å². The Hall–Kier alpha value is -1.58. The van der Waals surface area contributed by atoms with Gasteiger partial charge in [-0.1, -0.05) is 6.07 Å². The molecular formula is C8H11N3O. The predicted molar refractivity (Wildman–Crippen MR) is 45.5 cm³/mol. The summed E-state index contributed by atoms with van der Waals surface area (Å²) in [6.45, 7) is 0.459. The van der Waals surface area contributed by atoms with Gasteiger partial charge in [-0.15, -0.1) is 0 Å². The Morgan fingerprint density at radius 1 is 1.58 bits per heavy atom. The largest absolute Gasteiger partial charge is 0.341 e. The summed E-state index contributed by atoms with van der Waals surface area (Å²) in [5.41, 5.74) is 0.848. The molecule has 64 valence electrons. The van der Waals surface area contributed by atoms with Gasteiger partial charge in [-0.25, -0.2) is 4.79 Å². The molecule has 0 aliphatic rings. The summed E-state index contributed by atoms with van der Waals surface area (Å²) in [6, 6.07) is 5.38. The molecular weight excluding hydrogens is 154 g/mol. The maximum Gasteiger partial charge on any atom is 0.314 e. The van der Waals surface area contributed by atoms with Crippen LogP contribution in [0.1, 0.15) is 5.69 Å². The Kier molecular flexibility index (Phi) is 3.07. The average Bonchev–Trinajstić information content (AvgIpc) is 2.16. The van der Waals surface area contributed by atoms with Gasteiger partial charge in [-0.05, 0) is 12.1 Å². The lowest BCUT2D eigenvalue weighted by molar-refractivity contribution is 0.242. The molecule has 0 bridgehead atoms. The van der Waals surface area contributed by atoms with Crippen LogP contribution in [0.2, 0.25) is 0 Å². The number of urea groups is 1. The summed E-state index contributed by atoms with van der Waals surface area (Å²) in [7, 11) is 1.58. The van der Waals surface area contributed by atoms with Gasteiger partial charge in [0.1, 0.15) is 0 Å². The molecule has 2 N–H and O–H groups in total. The van der Waals surface area contributed by atoms with Crippen LogP contribution in [0.25, 0.3) is 0 Å². The van der Waals surface area contributed by atoms with Crippen molar-refractivity contribution in [3.63, 3.8) is 0 Å². The molecule has 0 saturated heterocycles. The highest BCUT2D eigenvalue weighted by Gasteiger charge is 1.95. The zero-order valence-electron chi connectivity index (χ0n) is 6.87. The van der Waals surface area contributed by atoms with Crippen molar-refractivity contribution < 1.29 is 4.79 Å². The molecule has 0 spiro atoms. The van der Waals surface area contributed by atoms with Crippen molar-refractivity contribution in [2.24, 2.45) is 0 Å². The van der Waals surface area contributed by atoms with E-state index in [4.69, 9.17) is 0 Å². The van der Waals surface area contributed by atoms with E-state index in [1.54, 1.807) is 13.2 Å². The Balaban J connectivity index is 2.38. The fourth-order valence-corrected chi connectivity index (χ4v) is 0.762. The van der Waals surface area contributed by atoms with Crippen LogP contribution in [0.3, 0.4) is 0 Å². The van der Waals surface area contributed by atoms with Crippen molar-refractivity contribution in [2.45, 2.75) is 6.54 Å². The monoisotopic (exact) mass is 165 g/mol. The second-order valence-electron chi connectivity index (χ2n) is 2.25. The SMILES string of the molecule is CNC(=O)NCc1ccccn1. The van der Waals surface area contributed by atoms with Crippen LogP contribution in [-0.2, 0) is 6.54 Å². The molecule has 0 aliphatic heterocycles. The van der Waals surface area contributed by atoms with Crippen LogP contribution in [0.15, 0.2) is 24.4 Å². The van der Waals surface area contributed by atoms with Gasteiger partial charge in [0.05, 0.1) is 12.2 Å². The van der Waals surface area contributed by atoms with E-state index in [0.29, 0.717) is 6.54 Å². The minimum absolute atomic E-state index is 0.194. The molecule has 0 saturated carbocycles. The number of carbonyl (C=O) groups is 1. The van der Waals surface area contributed by atoms with E-state index in [1.807, 2.05) is 18.2 Å². The van der Waals surface area contributed by atoms with E-state index in [-0.39, 0.29) is 6.03 Å². The lowest BCUT2D eigenvalue weighted by Gasteiger charge is -2.02. The van der Waals surface area contributed by atoms with E-state index in [0.717, 1.165) is 5.69 Å². The molecule has 4 heteroatoms. The van der Waals surface area contributed by atoms with Crippen LogP contribution >= 0.6 is 0 Å². The van der Waals surface area contributed by atoms with Crippen LogP contribution in [0.5, 0.6) is 0 Å². The Morgan fingerprint density at radius 3 is 3.00 bits per heavy atom. The fraction of sp³-hybridized carbons (Fsp3) is 0.250. The van der Waals surface area contributed by atoms with Crippen molar-refractivity contribution >= 4 is 6.03 Å². The lowest BCUT2D eigenvalue weighted by atomic mass is 10.3. The minimum atomic E-state index is -0.194. The van der Waals surface area contributed by atoms with Crippen molar-refractivity contribution in [3.05, 3.63) is 30.1 Å². The molecule has 0 aliphatic carbocycles. The zero-order chi connectivity index (χ0) is 8.81. The van der Waals surface area contributed by atoms with Crippen molar-refractivity contribution in [3.8, 4) is 0 Å². The molecule has 0 unspecified atom stereocenters. The third kappa shape index (κ3) is 2.57. The molecule has 1 aromatic rings. The van der Waals surface area contributed by atoms with Crippen molar-refractivity contribution in [2.75, 3.05) is 7.05 Å². The summed E-state index contributed by atoms with van der Waals surface area (Å²) in [6.07, 6.45) is 1.70. The highest BCUT2D eigenvalue weighted by atomic mass is 16.2. The number of aromatic nitrogens is 1. The van der Waals surface area contributed by atoms with Gasteiger partial charge in [-0.2, -0.15) is 0 Å². The van der Waals surface area contributed by atoms with E-state index < -0.39 is 0 Å². The molecule has 0 fully saturated rings. The van der Waals surface area contributed by atoms with Crippen LogP contribution in [0.4, 0.5) is 4.79 Å². The summed E-state index contributed by atoms with van der Waals surface area (Å²) in [4.78, 5) is 14.8. The van der Waals surface area contributed by atoms with E-state index >= 15 is 0 Å². The number of amides is 2. The molecule has 0 atom stereocenters. The number of rotatable bonds is 2. The molecule has 0 aromatic carbocycles. The molecule has 2 amide bonds. The van der Waals surface area contributed by atoms with Crippen LogP contribution in [-0.4, -0.2) is 18.1 Å². The highest BCUT2D eigenvalue weighted by Crippen LogP contribution is 1.90. The van der Waals surface area contributed by atoms with Gasteiger partial charge < -0.3 is 10.6 Å².